The normalized spacial score (nSPS) is 27.3. The summed E-state index contributed by atoms with van der Waals surface area (Å²) in [6, 6.07) is 20.1. The van der Waals surface area contributed by atoms with E-state index in [2.05, 4.69) is 43.9 Å². The second-order valence-corrected chi connectivity index (χ2v) is 11.1. The molecule has 3 aromatic rings. The monoisotopic (exact) mass is 516 g/mol. The highest BCUT2D eigenvalue weighted by molar-refractivity contribution is 9.10. The van der Waals surface area contributed by atoms with Crippen LogP contribution < -0.4 is 10.7 Å². The molecule has 0 spiro atoms. The minimum absolute atomic E-state index is 0.347. The molecule has 0 unspecified atom stereocenters. The van der Waals surface area contributed by atoms with E-state index < -0.39 is 0 Å². The van der Waals surface area contributed by atoms with Gasteiger partial charge in [0, 0.05) is 22.0 Å². The number of benzene rings is 2. The van der Waals surface area contributed by atoms with Gasteiger partial charge < -0.3 is 9.88 Å². The molecule has 4 fully saturated rings. The Labute approximate surface area is 208 Å². The summed E-state index contributed by atoms with van der Waals surface area (Å²) in [5.74, 6) is 4.42. The Morgan fingerprint density at radius 2 is 1.59 bits per heavy atom. The van der Waals surface area contributed by atoms with Crippen LogP contribution in [0.4, 0.5) is 10.5 Å². The Kier molecular flexibility index (Phi) is 5.77. The molecule has 6 heteroatoms. The van der Waals surface area contributed by atoms with Gasteiger partial charge in [-0.3, -0.25) is 0 Å². The number of nitrogens with zero attached hydrogens (tertiary/aromatic N) is 2. The Morgan fingerprint density at radius 1 is 0.912 bits per heavy atom. The molecule has 4 aliphatic rings. The first kappa shape index (κ1) is 21.7. The summed E-state index contributed by atoms with van der Waals surface area (Å²) in [4.78, 5) is 12.4. The molecule has 2 amide bonds. The number of halogens is 1. The van der Waals surface area contributed by atoms with Crippen molar-refractivity contribution in [3.63, 3.8) is 0 Å². The fourth-order valence-electron chi connectivity index (χ4n) is 6.91. The summed E-state index contributed by atoms with van der Waals surface area (Å²) in [6.45, 7) is 0. The first-order chi connectivity index (χ1) is 16.6. The van der Waals surface area contributed by atoms with Crippen molar-refractivity contribution in [2.75, 3.05) is 5.32 Å². The van der Waals surface area contributed by atoms with Crippen LogP contribution in [0.15, 0.2) is 76.4 Å². The van der Waals surface area contributed by atoms with E-state index >= 15 is 0 Å². The lowest BCUT2D eigenvalue weighted by Gasteiger charge is -2.54. The number of rotatable bonds is 5. The number of carbonyl (C=O) groups is 1. The summed E-state index contributed by atoms with van der Waals surface area (Å²) in [5, 5.41) is 7.03. The van der Waals surface area contributed by atoms with E-state index in [0.717, 1.165) is 45.2 Å². The van der Waals surface area contributed by atoms with Crippen molar-refractivity contribution in [1.82, 2.24) is 9.99 Å². The Hall–Kier alpha value is -2.86. The molecule has 2 N–H and O–H groups in total. The SMILES string of the molecule is O=C(N/N=C/c1cccn1-c1ccc(Br)cc1)Nc1ccc(C2C3CC4CC(C3)CC2C4)cc1. The summed E-state index contributed by atoms with van der Waals surface area (Å²) in [5.41, 5.74) is 6.72. The standard InChI is InChI=1S/C28H29BrN4O/c29-23-5-9-25(10-6-23)33-11-1-2-26(33)17-30-32-28(34)31-24-7-3-20(4-8-24)27-21-13-18-12-19(15-21)16-22(27)14-18/h1-11,17-19,21-22,27H,12-16H2,(H2,31,32,34)/b30-17+. The van der Waals surface area contributed by atoms with E-state index in [0.29, 0.717) is 5.92 Å². The van der Waals surface area contributed by atoms with Gasteiger partial charge in [0.2, 0.25) is 0 Å². The van der Waals surface area contributed by atoms with Crippen LogP contribution in [0.5, 0.6) is 0 Å². The molecule has 4 saturated carbocycles. The third-order valence-corrected chi connectivity index (χ3v) is 8.56. The predicted octanol–water partition coefficient (Wildman–Crippen LogP) is 6.94. The molecule has 2 aromatic carbocycles. The average molecular weight is 517 g/mol. The molecule has 7 rings (SSSR count). The zero-order valence-corrected chi connectivity index (χ0v) is 20.6. The maximum absolute atomic E-state index is 12.4. The highest BCUT2D eigenvalue weighted by atomic mass is 79.9. The van der Waals surface area contributed by atoms with Crippen LogP contribution >= 0.6 is 15.9 Å². The maximum atomic E-state index is 12.4. The van der Waals surface area contributed by atoms with E-state index in [9.17, 15) is 4.79 Å². The molecule has 0 aliphatic heterocycles. The number of anilines is 1. The minimum atomic E-state index is -0.347. The maximum Gasteiger partial charge on any atom is 0.339 e. The van der Waals surface area contributed by atoms with Crippen LogP contribution in [0.1, 0.15) is 49.3 Å². The highest BCUT2D eigenvalue weighted by Gasteiger charge is 2.48. The number of carbonyl (C=O) groups excluding carboxylic acids is 1. The van der Waals surface area contributed by atoms with E-state index in [1.165, 1.54) is 37.7 Å². The van der Waals surface area contributed by atoms with Gasteiger partial charge in [-0.25, -0.2) is 10.2 Å². The zero-order chi connectivity index (χ0) is 23.1. The van der Waals surface area contributed by atoms with Crippen LogP contribution in [-0.4, -0.2) is 16.8 Å². The van der Waals surface area contributed by atoms with Crippen LogP contribution in [0, 0.1) is 23.7 Å². The van der Waals surface area contributed by atoms with Crippen molar-refractivity contribution < 1.29 is 4.79 Å². The van der Waals surface area contributed by atoms with Gasteiger partial charge in [-0.1, -0.05) is 28.1 Å². The predicted molar refractivity (Wildman–Crippen MR) is 139 cm³/mol. The molecule has 4 aliphatic carbocycles. The number of hydrazone groups is 1. The minimum Gasteiger partial charge on any atom is -0.316 e. The molecular formula is C28H29BrN4O. The number of urea groups is 1. The number of hydrogen-bond acceptors (Lipinski definition) is 2. The lowest BCUT2D eigenvalue weighted by atomic mass is 9.51. The average Bonchev–Trinajstić information content (AvgIpc) is 3.28. The second kappa shape index (κ2) is 9.06. The first-order valence-electron chi connectivity index (χ1n) is 12.3. The van der Waals surface area contributed by atoms with Gasteiger partial charge >= 0.3 is 6.03 Å². The summed E-state index contributed by atoms with van der Waals surface area (Å²) in [7, 11) is 0. The lowest BCUT2D eigenvalue weighted by molar-refractivity contribution is -0.00277. The third kappa shape index (κ3) is 4.31. The second-order valence-electron chi connectivity index (χ2n) is 10.2. The molecule has 0 saturated heterocycles. The van der Waals surface area contributed by atoms with Gasteiger partial charge in [0.25, 0.3) is 0 Å². The summed E-state index contributed by atoms with van der Waals surface area (Å²) in [6.07, 6.45) is 10.8. The Balaban J connectivity index is 1.06. The van der Waals surface area contributed by atoms with Gasteiger partial charge in [-0.15, -0.1) is 0 Å². The summed E-state index contributed by atoms with van der Waals surface area (Å²) < 4.78 is 3.04. The van der Waals surface area contributed by atoms with Crippen molar-refractivity contribution in [2.24, 2.45) is 28.8 Å². The smallest absolute Gasteiger partial charge is 0.316 e. The van der Waals surface area contributed by atoms with Gasteiger partial charge in [-0.05, 0) is 116 Å². The van der Waals surface area contributed by atoms with Crippen LogP contribution in [0.3, 0.4) is 0 Å². The van der Waals surface area contributed by atoms with E-state index in [1.807, 2.05) is 59.3 Å². The Bertz CT molecular complexity index is 1170. The van der Waals surface area contributed by atoms with Gasteiger partial charge in [-0.2, -0.15) is 5.10 Å². The fourth-order valence-corrected chi connectivity index (χ4v) is 7.17. The molecule has 1 heterocycles. The van der Waals surface area contributed by atoms with E-state index in [4.69, 9.17) is 0 Å². The van der Waals surface area contributed by atoms with Gasteiger partial charge in [0.05, 0.1) is 11.9 Å². The van der Waals surface area contributed by atoms with Crippen molar-refractivity contribution in [2.45, 2.75) is 38.0 Å². The molecular weight excluding hydrogens is 488 g/mol. The van der Waals surface area contributed by atoms with Gasteiger partial charge in [0.1, 0.15) is 0 Å². The van der Waals surface area contributed by atoms with Crippen LogP contribution in [0.2, 0.25) is 0 Å². The molecule has 174 valence electrons. The molecule has 4 bridgehead atoms. The molecule has 0 atom stereocenters. The highest BCUT2D eigenvalue weighted by Crippen LogP contribution is 2.59. The largest absolute Gasteiger partial charge is 0.339 e. The molecule has 34 heavy (non-hydrogen) atoms. The molecule has 5 nitrogen and oxygen atoms in total. The third-order valence-electron chi connectivity index (χ3n) is 8.03. The number of hydrogen-bond donors (Lipinski definition) is 2. The van der Waals surface area contributed by atoms with Crippen molar-refractivity contribution in [3.05, 3.63) is 82.6 Å². The lowest BCUT2D eigenvalue weighted by Crippen LogP contribution is -2.43. The van der Waals surface area contributed by atoms with Crippen LogP contribution in [-0.2, 0) is 0 Å². The summed E-state index contributed by atoms with van der Waals surface area (Å²) >= 11 is 3.46. The first-order valence-corrected chi connectivity index (χ1v) is 13.0. The Morgan fingerprint density at radius 3 is 2.26 bits per heavy atom. The van der Waals surface area contributed by atoms with Gasteiger partial charge in [0.15, 0.2) is 0 Å². The number of aromatic nitrogens is 1. The van der Waals surface area contributed by atoms with Crippen molar-refractivity contribution >= 4 is 33.9 Å². The number of amides is 2. The zero-order valence-electron chi connectivity index (χ0n) is 19.0. The van der Waals surface area contributed by atoms with Crippen molar-refractivity contribution in [1.29, 1.82) is 0 Å². The van der Waals surface area contributed by atoms with E-state index in [-0.39, 0.29) is 6.03 Å². The van der Waals surface area contributed by atoms with E-state index in [1.54, 1.807) is 6.21 Å². The molecule has 0 radical (unpaired) electrons. The van der Waals surface area contributed by atoms with Crippen LogP contribution in [0.25, 0.3) is 5.69 Å². The fraction of sp³-hybridized carbons (Fsp3) is 0.357. The molecule has 1 aromatic heterocycles. The van der Waals surface area contributed by atoms with Crippen molar-refractivity contribution in [3.8, 4) is 5.69 Å². The topological polar surface area (TPSA) is 58.4 Å². The number of nitrogens with one attached hydrogen (secondary N) is 2. The quantitative estimate of drug-likeness (QED) is 0.280.